The highest BCUT2D eigenvalue weighted by molar-refractivity contribution is 7.14. The summed E-state index contributed by atoms with van der Waals surface area (Å²) < 4.78 is 5.87. The lowest BCUT2D eigenvalue weighted by Crippen LogP contribution is -2.44. The Balaban J connectivity index is 1.49. The van der Waals surface area contributed by atoms with E-state index in [0.29, 0.717) is 24.1 Å². The molecular formula is C30H41N5O4S. The molecule has 0 aliphatic carbocycles. The number of thiazole rings is 1. The normalized spacial score (nSPS) is 24.1. The van der Waals surface area contributed by atoms with Crippen LogP contribution in [0.25, 0.3) is 11.3 Å². The second-order valence-electron chi connectivity index (χ2n) is 11.9. The van der Waals surface area contributed by atoms with E-state index in [1.807, 2.05) is 17.5 Å². The summed E-state index contributed by atoms with van der Waals surface area (Å²) >= 11 is 1.61. The number of ether oxygens (including phenoxy) is 1. The van der Waals surface area contributed by atoms with Crippen LogP contribution in [0.1, 0.15) is 61.9 Å². The number of primary amides is 1. The standard InChI is InChI=1S/C30H41N5O4S/c1-5-6-20-15-35(26-25(36)16-39-27(20)26)29(38)23(13-18(2)3)22-14-19(7-8-21(22)28(31)37)24-17-40-30(32-24)34-11-9-33(4)10-12-34/h7-8,14,17-18,20,23,26-27H,5-6,9-13,15-16H2,1-4H3,(H2,31,37)/t20-,23+,26-,27-/m1/s1. The van der Waals surface area contributed by atoms with E-state index in [1.165, 1.54) is 0 Å². The number of Topliss-reactive ketones (excluding diaryl/α,β-unsaturated/α-hetero) is 1. The molecular weight excluding hydrogens is 526 g/mol. The Bertz CT molecular complexity index is 1250. The number of hydrogen-bond acceptors (Lipinski definition) is 8. The number of ketones is 1. The van der Waals surface area contributed by atoms with E-state index in [4.69, 9.17) is 15.5 Å². The quantitative estimate of drug-likeness (QED) is 0.495. The molecule has 40 heavy (non-hydrogen) atoms. The number of carbonyl (C=O) groups excluding carboxylic acids is 3. The van der Waals surface area contributed by atoms with Gasteiger partial charge in [-0.05, 0) is 43.5 Å². The molecule has 216 valence electrons. The van der Waals surface area contributed by atoms with Gasteiger partial charge in [0.15, 0.2) is 10.9 Å². The summed E-state index contributed by atoms with van der Waals surface area (Å²) in [6, 6.07) is 4.95. The maximum absolute atomic E-state index is 14.3. The number of amides is 2. The number of likely N-dealkylation sites (N-methyl/N-ethyl adjacent to an activating group) is 1. The number of nitrogens with two attached hydrogens (primary N) is 1. The van der Waals surface area contributed by atoms with Crippen LogP contribution in [0.3, 0.4) is 0 Å². The number of rotatable bonds is 9. The molecule has 3 saturated heterocycles. The third-order valence-corrected chi connectivity index (χ3v) is 9.39. The first-order chi connectivity index (χ1) is 19.2. The van der Waals surface area contributed by atoms with Crippen molar-refractivity contribution in [3.8, 4) is 11.3 Å². The first-order valence-electron chi connectivity index (χ1n) is 14.5. The van der Waals surface area contributed by atoms with Crippen molar-refractivity contribution in [3.05, 3.63) is 34.7 Å². The maximum atomic E-state index is 14.3. The predicted octanol–water partition coefficient (Wildman–Crippen LogP) is 3.39. The Labute approximate surface area is 240 Å². The fourth-order valence-electron chi connectivity index (χ4n) is 6.41. The number of anilines is 1. The highest BCUT2D eigenvalue weighted by atomic mass is 32.1. The van der Waals surface area contributed by atoms with Gasteiger partial charge in [-0.1, -0.05) is 33.3 Å². The van der Waals surface area contributed by atoms with Gasteiger partial charge in [-0.3, -0.25) is 14.4 Å². The van der Waals surface area contributed by atoms with Gasteiger partial charge in [-0.25, -0.2) is 4.98 Å². The molecule has 1 aromatic carbocycles. The maximum Gasteiger partial charge on any atom is 0.249 e. The van der Waals surface area contributed by atoms with E-state index in [9.17, 15) is 14.4 Å². The van der Waals surface area contributed by atoms with Crippen molar-refractivity contribution in [2.45, 2.75) is 58.1 Å². The molecule has 2 aromatic rings. The number of carbonyl (C=O) groups is 3. The highest BCUT2D eigenvalue weighted by Gasteiger charge is 2.52. The minimum absolute atomic E-state index is 0.0389. The summed E-state index contributed by atoms with van der Waals surface area (Å²) in [7, 11) is 2.13. The lowest BCUT2D eigenvalue weighted by molar-refractivity contribution is -0.138. The summed E-state index contributed by atoms with van der Waals surface area (Å²) in [5, 5.41) is 3.01. The van der Waals surface area contributed by atoms with Crippen molar-refractivity contribution in [2.75, 3.05) is 51.3 Å². The van der Waals surface area contributed by atoms with Crippen LogP contribution >= 0.6 is 11.3 Å². The number of benzene rings is 1. The van der Waals surface area contributed by atoms with Crippen LogP contribution < -0.4 is 10.6 Å². The summed E-state index contributed by atoms with van der Waals surface area (Å²) in [5.74, 6) is -1.02. The molecule has 3 aliphatic heterocycles. The summed E-state index contributed by atoms with van der Waals surface area (Å²) in [4.78, 5) is 51.1. The summed E-state index contributed by atoms with van der Waals surface area (Å²) in [6.45, 7) is 10.6. The molecule has 2 amide bonds. The average molecular weight is 568 g/mol. The molecule has 10 heteroatoms. The van der Waals surface area contributed by atoms with Crippen LogP contribution in [0.2, 0.25) is 0 Å². The van der Waals surface area contributed by atoms with Crippen molar-refractivity contribution in [3.63, 3.8) is 0 Å². The van der Waals surface area contributed by atoms with E-state index >= 15 is 0 Å². The van der Waals surface area contributed by atoms with Crippen LogP contribution in [-0.4, -0.2) is 90.9 Å². The molecule has 2 N–H and O–H groups in total. The van der Waals surface area contributed by atoms with E-state index in [-0.39, 0.29) is 36.2 Å². The SMILES string of the molecule is CCC[C@@H]1CN(C(=O)[C@@H](CC(C)C)c2cc(-c3csc(N4CCN(C)CC4)n3)ccc2C(N)=O)[C@@H]2C(=O)CO[C@H]12. The molecule has 3 aliphatic rings. The molecule has 9 nitrogen and oxygen atoms in total. The van der Waals surface area contributed by atoms with Crippen LogP contribution in [0.15, 0.2) is 23.6 Å². The zero-order valence-electron chi connectivity index (χ0n) is 24.0. The van der Waals surface area contributed by atoms with Gasteiger partial charge in [0, 0.05) is 55.1 Å². The van der Waals surface area contributed by atoms with E-state index in [1.54, 1.807) is 22.3 Å². The van der Waals surface area contributed by atoms with Gasteiger partial charge in [0.2, 0.25) is 11.8 Å². The van der Waals surface area contributed by atoms with Gasteiger partial charge in [0.25, 0.3) is 0 Å². The number of fused-ring (bicyclic) bond motifs is 1. The zero-order valence-corrected chi connectivity index (χ0v) is 24.8. The van der Waals surface area contributed by atoms with Gasteiger partial charge in [-0.2, -0.15) is 0 Å². The van der Waals surface area contributed by atoms with Crippen molar-refractivity contribution in [1.82, 2.24) is 14.8 Å². The van der Waals surface area contributed by atoms with Crippen molar-refractivity contribution in [1.29, 1.82) is 0 Å². The van der Waals surface area contributed by atoms with Crippen molar-refractivity contribution in [2.24, 2.45) is 17.6 Å². The first-order valence-corrected chi connectivity index (χ1v) is 15.3. The lowest BCUT2D eigenvalue weighted by Gasteiger charge is -2.32. The minimum Gasteiger partial charge on any atom is -0.367 e. The Morgan fingerprint density at radius 1 is 1.20 bits per heavy atom. The molecule has 0 radical (unpaired) electrons. The topological polar surface area (TPSA) is 109 Å². The van der Waals surface area contributed by atoms with Crippen LogP contribution in [0.5, 0.6) is 0 Å². The monoisotopic (exact) mass is 567 g/mol. The number of aromatic nitrogens is 1. The predicted molar refractivity (Wildman–Crippen MR) is 157 cm³/mol. The zero-order chi connectivity index (χ0) is 28.6. The fourth-order valence-corrected chi connectivity index (χ4v) is 7.30. The van der Waals surface area contributed by atoms with Gasteiger partial charge in [0.05, 0.1) is 17.7 Å². The molecule has 1 aromatic heterocycles. The smallest absolute Gasteiger partial charge is 0.249 e. The second kappa shape index (κ2) is 12.0. The van der Waals surface area contributed by atoms with Crippen molar-refractivity contribution < 1.29 is 19.1 Å². The largest absolute Gasteiger partial charge is 0.367 e. The molecule has 4 heterocycles. The Kier molecular flexibility index (Phi) is 8.58. The van der Waals surface area contributed by atoms with E-state index in [2.05, 4.69) is 37.6 Å². The molecule has 4 atom stereocenters. The second-order valence-corrected chi connectivity index (χ2v) is 12.7. The number of likely N-dealkylation sites (tertiary alicyclic amines) is 1. The van der Waals surface area contributed by atoms with Gasteiger partial charge in [0.1, 0.15) is 12.6 Å². The Hall–Kier alpha value is -2.82. The van der Waals surface area contributed by atoms with Crippen LogP contribution in [-0.2, 0) is 14.3 Å². The summed E-state index contributed by atoms with van der Waals surface area (Å²) in [5.41, 5.74) is 8.46. The first kappa shape index (κ1) is 28.7. The molecule has 0 saturated carbocycles. The number of piperazine rings is 1. The number of nitrogens with zero attached hydrogens (tertiary/aromatic N) is 4. The van der Waals surface area contributed by atoms with Crippen LogP contribution in [0.4, 0.5) is 5.13 Å². The molecule has 0 spiro atoms. The fraction of sp³-hybridized carbons (Fsp3) is 0.600. The van der Waals surface area contributed by atoms with Gasteiger partial charge < -0.3 is 25.2 Å². The van der Waals surface area contributed by atoms with Crippen molar-refractivity contribution >= 4 is 34.1 Å². The minimum atomic E-state index is -0.604. The van der Waals surface area contributed by atoms with Gasteiger partial charge >= 0.3 is 0 Å². The van der Waals surface area contributed by atoms with Crippen LogP contribution in [0, 0.1) is 11.8 Å². The Morgan fingerprint density at radius 3 is 2.62 bits per heavy atom. The number of hydrogen-bond donors (Lipinski definition) is 1. The molecule has 0 unspecified atom stereocenters. The molecule has 5 rings (SSSR count). The highest BCUT2D eigenvalue weighted by Crippen LogP contribution is 2.39. The molecule has 0 bridgehead atoms. The third-order valence-electron chi connectivity index (χ3n) is 8.49. The summed E-state index contributed by atoms with van der Waals surface area (Å²) in [6.07, 6.45) is 2.14. The lowest BCUT2D eigenvalue weighted by atomic mass is 9.84. The average Bonchev–Trinajstić information content (AvgIpc) is 3.65. The Morgan fingerprint density at radius 2 is 1.95 bits per heavy atom. The van der Waals surface area contributed by atoms with E-state index < -0.39 is 17.9 Å². The molecule has 3 fully saturated rings. The van der Waals surface area contributed by atoms with E-state index in [0.717, 1.165) is 55.4 Å². The van der Waals surface area contributed by atoms with Gasteiger partial charge in [-0.15, -0.1) is 11.3 Å². The third kappa shape index (κ3) is 5.66.